The van der Waals surface area contributed by atoms with Gasteiger partial charge < -0.3 is 20.8 Å². The van der Waals surface area contributed by atoms with E-state index in [4.69, 9.17) is 0 Å². The third-order valence-corrected chi connectivity index (χ3v) is 3.27. The molecule has 5 heteroatoms. The molecule has 0 radical (unpaired) electrons. The zero-order valence-electron chi connectivity index (χ0n) is 10.3. The molecule has 18 heavy (non-hydrogen) atoms. The summed E-state index contributed by atoms with van der Waals surface area (Å²) in [5.41, 5.74) is 0.276. The summed E-state index contributed by atoms with van der Waals surface area (Å²) >= 11 is 0. The van der Waals surface area contributed by atoms with E-state index in [1.807, 2.05) is 0 Å². The summed E-state index contributed by atoms with van der Waals surface area (Å²) in [5, 5.41) is 24.9. The molecule has 4 N–H and O–H groups in total. The summed E-state index contributed by atoms with van der Waals surface area (Å²) < 4.78 is 0. The Balaban J connectivity index is 2.06. The van der Waals surface area contributed by atoms with Crippen molar-refractivity contribution < 1.29 is 15.0 Å². The predicted octanol–water partition coefficient (Wildman–Crippen LogP) is 0.826. The Bertz CT molecular complexity index is 428. The van der Waals surface area contributed by atoms with Gasteiger partial charge in [0.2, 0.25) is 0 Å². The first-order valence-electron chi connectivity index (χ1n) is 6.11. The van der Waals surface area contributed by atoms with Crippen molar-refractivity contribution in [1.29, 1.82) is 0 Å². The topological polar surface area (TPSA) is 81.6 Å². The summed E-state index contributed by atoms with van der Waals surface area (Å²) in [6.45, 7) is 3.86. The van der Waals surface area contributed by atoms with E-state index in [-0.39, 0.29) is 29.0 Å². The minimum atomic E-state index is -0.264. The highest BCUT2D eigenvalue weighted by molar-refractivity contribution is 5.95. The number of hydrogen-bond acceptors (Lipinski definition) is 4. The van der Waals surface area contributed by atoms with E-state index in [1.165, 1.54) is 18.2 Å². The lowest BCUT2D eigenvalue weighted by molar-refractivity contribution is 0.0913. The van der Waals surface area contributed by atoms with Gasteiger partial charge in [0, 0.05) is 17.7 Å². The van der Waals surface area contributed by atoms with Crippen LogP contribution in [0.4, 0.5) is 0 Å². The SMILES string of the molecule is CC1CNCCC1NC(=O)c1cc(O)cc(O)c1. The number of aromatic hydroxyl groups is 2. The van der Waals surface area contributed by atoms with Crippen LogP contribution in [-0.2, 0) is 0 Å². The first-order chi connectivity index (χ1) is 8.56. The van der Waals surface area contributed by atoms with Crippen molar-refractivity contribution in [2.45, 2.75) is 19.4 Å². The second kappa shape index (κ2) is 5.27. The highest BCUT2D eigenvalue weighted by Crippen LogP contribution is 2.21. The van der Waals surface area contributed by atoms with Crippen LogP contribution in [0.25, 0.3) is 0 Å². The second-order valence-corrected chi connectivity index (χ2v) is 4.79. The third kappa shape index (κ3) is 2.92. The Morgan fingerprint density at radius 2 is 2.00 bits per heavy atom. The average Bonchev–Trinajstić information content (AvgIpc) is 2.31. The van der Waals surface area contributed by atoms with Gasteiger partial charge in [-0.2, -0.15) is 0 Å². The van der Waals surface area contributed by atoms with Gasteiger partial charge >= 0.3 is 0 Å². The molecule has 2 atom stereocenters. The number of phenolic OH excluding ortho intramolecular Hbond substituents is 2. The minimum absolute atomic E-state index is 0.112. The van der Waals surface area contributed by atoms with Crippen LogP contribution < -0.4 is 10.6 Å². The number of piperidine rings is 1. The monoisotopic (exact) mass is 250 g/mol. The molecule has 2 rings (SSSR count). The zero-order chi connectivity index (χ0) is 13.1. The smallest absolute Gasteiger partial charge is 0.251 e. The number of nitrogens with one attached hydrogen (secondary N) is 2. The van der Waals surface area contributed by atoms with Crippen LogP contribution in [0, 0.1) is 5.92 Å². The lowest BCUT2D eigenvalue weighted by Crippen LogP contribution is -2.48. The highest BCUT2D eigenvalue weighted by Gasteiger charge is 2.23. The van der Waals surface area contributed by atoms with E-state index >= 15 is 0 Å². The molecular formula is C13H18N2O3. The van der Waals surface area contributed by atoms with E-state index in [9.17, 15) is 15.0 Å². The summed E-state index contributed by atoms with van der Waals surface area (Å²) in [5.74, 6) is -0.120. The second-order valence-electron chi connectivity index (χ2n) is 4.79. The predicted molar refractivity (Wildman–Crippen MR) is 67.7 cm³/mol. The van der Waals surface area contributed by atoms with Crippen molar-refractivity contribution in [3.05, 3.63) is 23.8 Å². The highest BCUT2D eigenvalue weighted by atomic mass is 16.3. The zero-order valence-corrected chi connectivity index (χ0v) is 10.3. The number of phenols is 2. The van der Waals surface area contributed by atoms with Crippen LogP contribution in [0.2, 0.25) is 0 Å². The fraction of sp³-hybridized carbons (Fsp3) is 0.462. The van der Waals surface area contributed by atoms with Crippen LogP contribution >= 0.6 is 0 Å². The number of benzene rings is 1. The first kappa shape index (κ1) is 12.7. The average molecular weight is 250 g/mol. The third-order valence-electron chi connectivity index (χ3n) is 3.27. The fourth-order valence-electron chi connectivity index (χ4n) is 2.21. The van der Waals surface area contributed by atoms with Gasteiger partial charge in [0.05, 0.1) is 0 Å². The van der Waals surface area contributed by atoms with Crippen LogP contribution in [-0.4, -0.2) is 35.3 Å². The van der Waals surface area contributed by atoms with Gasteiger partial charge in [-0.1, -0.05) is 6.92 Å². The normalized spacial score (nSPS) is 23.6. The van der Waals surface area contributed by atoms with Crippen LogP contribution in [0.1, 0.15) is 23.7 Å². The Kier molecular flexibility index (Phi) is 3.72. The summed E-state index contributed by atoms with van der Waals surface area (Å²) in [6.07, 6.45) is 0.887. The van der Waals surface area contributed by atoms with Crippen molar-refractivity contribution in [3.8, 4) is 11.5 Å². The summed E-state index contributed by atoms with van der Waals surface area (Å²) in [6, 6.07) is 4.02. The molecule has 1 heterocycles. The maximum absolute atomic E-state index is 12.0. The van der Waals surface area contributed by atoms with E-state index in [2.05, 4.69) is 17.6 Å². The molecule has 5 nitrogen and oxygen atoms in total. The molecule has 0 bridgehead atoms. The molecule has 1 aliphatic heterocycles. The lowest BCUT2D eigenvalue weighted by Gasteiger charge is -2.30. The number of carbonyl (C=O) groups is 1. The van der Waals surface area contributed by atoms with Gasteiger partial charge in [0.25, 0.3) is 5.91 Å². The molecule has 0 saturated carbocycles. The van der Waals surface area contributed by atoms with E-state index < -0.39 is 0 Å². The Labute approximate surface area is 106 Å². The first-order valence-corrected chi connectivity index (χ1v) is 6.11. The molecule has 1 aromatic carbocycles. The van der Waals surface area contributed by atoms with Gasteiger partial charge in [0.1, 0.15) is 11.5 Å². The lowest BCUT2D eigenvalue weighted by atomic mass is 9.95. The maximum Gasteiger partial charge on any atom is 0.251 e. The molecule has 1 aromatic rings. The van der Waals surface area contributed by atoms with Crippen LogP contribution in [0.3, 0.4) is 0 Å². The molecule has 0 aliphatic carbocycles. The molecule has 1 fully saturated rings. The Hall–Kier alpha value is -1.75. The quantitative estimate of drug-likeness (QED) is 0.626. The molecule has 1 amide bonds. The molecule has 2 unspecified atom stereocenters. The largest absolute Gasteiger partial charge is 0.508 e. The number of rotatable bonds is 2. The minimum Gasteiger partial charge on any atom is -0.508 e. The number of amides is 1. The van der Waals surface area contributed by atoms with Crippen LogP contribution in [0.5, 0.6) is 11.5 Å². The van der Waals surface area contributed by atoms with Crippen molar-refractivity contribution in [1.82, 2.24) is 10.6 Å². The standard InChI is InChI=1S/C13H18N2O3/c1-8-7-14-3-2-12(8)15-13(18)9-4-10(16)6-11(17)5-9/h4-6,8,12,14,16-17H,2-3,7H2,1H3,(H,15,18). The summed E-state index contributed by atoms with van der Waals surface area (Å²) in [4.78, 5) is 12.0. The molecule has 1 aliphatic rings. The van der Waals surface area contributed by atoms with Crippen molar-refractivity contribution in [2.75, 3.05) is 13.1 Å². The van der Waals surface area contributed by atoms with Gasteiger partial charge in [-0.15, -0.1) is 0 Å². The van der Waals surface area contributed by atoms with Crippen LogP contribution in [0.15, 0.2) is 18.2 Å². The molecule has 98 valence electrons. The Morgan fingerprint density at radius 1 is 1.33 bits per heavy atom. The Morgan fingerprint density at radius 3 is 2.61 bits per heavy atom. The van der Waals surface area contributed by atoms with Crippen molar-refractivity contribution >= 4 is 5.91 Å². The van der Waals surface area contributed by atoms with E-state index in [0.29, 0.717) is 5.92 Å². The van der Waals surface area contributed by atoms with E-state index in [0.717, 1.165) is 19.5 Å². The van der Waals surface area contributed by atoms with Crippen molar-refractivity contribution in [3.63, 3.8) is 0 Å². The molecule has 0 aromatic heterocycles. The fourth-order valence-corrected chi connectivity index (χ4v) is 2.21. The molecule has 0 spiro atoms. The van der Waals surface area contributed by atoms with Gasteiger partial charge in [-0.25, -0.2) is 0 Å². The number of carbonyl (C=O) groups excluding carboxylic acids is 1. The number of hydrogen-bond donors (Lipinski definition) is 4. The van der Waals surface area contributed by atoms with Crippen molar-refractivity contribution in [2.24, 2.45) is 5.92 Å². The summed E-state index contributed by atoms with van der Waals surface area (Å²) in [7, 11) is 0. The van der Waals surface area contributed by atoms with E-state index in [1.54, 1.807) is 0 Å². The molecule has 1 saturated heterocycles. The maximum atomic E-state index is 12.0. The van der Waals surface area contributed by atoms with Gasteiger partial charge in [0.15, 0.2) is 0 Å². The van der Waals surface area contributed by atoms with Gasteiger partial charge in [-0.3, -0.25) is 4.79 Å². The molecular weight excluding hydrogens is 232 g/mol. The van der Waals surface area contributed by atoms with Gasteiger partial charge in [-0.05, 0) is 37.6 Å².